The second-order valence-corrected chi connectivity index (χ2v) is 6.53. The van der Waals surface area contributed by atoms with Gasteiger partial charge in [-0.15, -0.1) is 0 Å². The molecule has 0 saturated carbocycles. The van der Waals surface area contributed by atoms with Crippen LogP contribution in [0.25, 0.3) is 0 Å². The van der Waals surface area contributed by atoms with Crippen molar-refractivity contribution in [3.05, 3.63) is 40.8 Å². The standard InChI is InChI=1S/C16H17N3O2S/c20-13-10-12(11-4-2-1-3-5-11)14-15(17-13)18-16(22-14)19-6-8-21-9-7-19/h1-5,12H,6-10H2,(H,17,20). The Labute approximate surface area is 132 Å². The molecule has 1 aromatic heterocycles. The molecule has 1 N–H and O–H groups in total. The summed E-state index contributed by atoms with van der Waals surface area (Å²) >= 11 is 1.69. The Morgan fingerprint density at radius 3 is 2.77 bits per heavy atom. The molecule has 2 aliphatic heterocycles. The molecule has 3 heterocycles. The molecule has 1 aromatic carbocycles. The largest absolute Gasteiger partial charge is 0.378 e. The number of anilines is 2. The van der Waals surface area contributed by atoms with E-state index in [0.29, 0.717) is 6.42 Å². The Morgan fingerprint density at radius 2 is 2.00 bits per heavy atom. The first kappa shape index (κ1) is 13.7. The lowest BCUT2D eigenvalue weighted by Crippen LogP contribution is -2.36. The smallest absolute Gasteiger partial charge is 0.226 e. The van der Waals surface area contributed by atoms with E-state index < -0.39 is 0 Å². The number of benzene rings is 1. The minimum Gasteiger partial charge on any atom is -0.378 e. The van der Waals surface area contributed by atoms with Crippen LogP contribution in [0.1, 0.15) is 22.8 Å². The molecule has 0 bridgehead atoms. The van der Waals surface area contributed by atoms with Gasteiger partial charge >= 0.3 is 0 Å². The molecule has 1 amide bonds. The van der Waals surface area contributed by atoms with Gasteiger partial charge in [-0.05, 0) is 5.56 Å². The number of hydrogen-bond donors (Lipinski definition) is 1. The SMILES string of the molecule is O=C1CC(c2ccccc2)c2sc(N3CCOCC3)nc2N1. The minimum atomic E-state index is 0.0418. The average Bonchev–Trinajstić information content (AvgIpc) is 2.99. The van der Waals surface area contributed by atoms with Crippen LogP contribution in [0.2, 0.25) is 0 Å². The number of amides is 1. The first-order valence-electron chi connectivity index (χ1n) is 7.49. The highest BCUT2D eigenvalue weighted by atomic mass is 32.1. The van der Waals surface area contributed by atoms with Crippen molar-refractivity contribution in [2.45, 2.75) is 12.3 Å². The summed E-state index contributed by atoms with van der Waals surface area (Å²) in [7, 11) is 0. The number of morpholine rings is 1. The van der Waals surface area contributed by atoms with Crippen molar-refractivity contribution in [1.82, 2.24) is 4.98 Å². The minimum absolute atomic E-state index is 0.0418. The van der Waals surface area contributed by atoms with Crippen molar-refractivity contribution in [2.75, 3.05) is 36.5 Å². The van der Waals surface area contributed by atoms with E-state index in [1.165, 1.54) is 5.56 Å². The van der Waals surface area contributed by atoms with Crippen LogP contribution in [0, 0.1) is 0 Å². The summed E-state index contributed by atoms with van der Waals surface area (Å²) in [6, 6.07) is 10.2. The lowest BCUT2D eigenvalue weighted by molar-refractivity contribution is -0.116. The molecular formula is C16H17N3O2S. The fraction of sp³-hybridized carbons (Fsp3) is 0.375. The van der Waals surface area contributed by atoms with Crippen molar-refractivity contribution in [3.8, 4) is 0 Å². The van der Waals surface area contributed by atoms with Gasteiger partial charge in [0, 0.05) is 25.4 Å². The van der Waals surface area contributed by atoms with Gasteiger partial charge in [-0.2, -0.15) is 0 Å². The third kappa shape index (κ3) is 2.48. The van der Waals surface area contributed by atoms with Gasteiger partial charge in [0.25, 0.3) is 0 Å². The van der Waals surface area contributed by atoms with Gasteiger partial charge in [0.05, 0.1) is 18.1 Å². The number of thiazole rings is 1. The van der Waals surface area contributed by atoms with Crippen LogP contribution in [0.5, 0.6) is 0 Å². The van der Waals surface area contributed by atoms with Crippen LogP contribution < -0.4 is 10.2 Å². The molecule has 4 rings (SSSR count). The number of carbonyl (C=O) groups excluding carboxylic acids is 1. The predicted molar refractivity (Wildman–Crippen MR) is 86.7 cm³/mol. The zero-order valence-electron chi connectivity index (χ0n) is 12.1. The summed E-state index contributed by atoms with van der Waals surface area (Å²) in [5.74, 6) is 0.883. The summed E-state index contributed by atoms with van der Waals surface area (Å²) in [5.41, 5.74) is 1.18. The van der Waals surface area contributed by atoms with E-state index in [9.17, 15) is 4.79 Å². The molecule has 0 spiro atoms. The third-order valence-electron chi connectivity index (χ3n) is 4.09. The van der Waals surface area contributed by atoms with Crippen molar-refractivity contribution in [2.24, 2.45) is 0 Å². The van der Waals surface area contributed by atoms with E-state index in [-0.39, 0.29) is 11.8 Å². The lowest BCUT2D eigenvalue weighted by atomic mass is 9.92. The molecule has 1 atom stereocenters. The maximum atomic E-state index is 12.0. The Kier molecular flexibility index (Phi) is 3.56. The monoisotopic (exact) mass is 315 g/mol. The number of nitrogens with zero attached hydrogens (tertiary/aromatic N) is 2. The summed E-state index contributed by atoms with van der Waals surface area (Å²) in [4.78, 5) is 20.1. The van der Waals surface area contributed by atoms with Crippen LogP contribution in [-0.2, 0) is 9.53 Å². The third-order valence-corrected chi connectivity index (χ3v) is 5.32. The second-order valence-electron chi connectivity index (χ2n) is 5.52. The second kappa shape index (κ2) is 5.70. The summed E-state index contributed by atoms with van der Waals surface area (Å²) in [5, 5.41) is 3.90. The zero-order chi connectivity index (χ0) is 14.9. The van der Waals surface area contributed by atoms with Crippen LogP contribution in [0.15, 0.2) is 30.3 Å². The highest BCUT2D eigenvalue weighted by molar-refractivity contribution is 7.16. The van der Waals surface area contributed by atoms with Gasteiger partial charge in [-0.1, -0.05) is 41.7 Å². The highest BCUT2D eigenvalue weighted by Gasteiger charge is 2.31. The molecule has 1 unspecified atom stereocenters. The van der Waals surface area contributed by atoms with Gasteiger partial charge in [0.2, 0.25) is 5.91 Å². The maximum absolute atomic E-state index is 12.0. The van der Waals surface area contributed by atoms with Crippen LogP contribution in [0.4, 0.5) is 10.9 Å². The fourth-order valence-corrected chi connectivity index (χ4v) is 4.15. The molecule has 22 heavy (non-hydrogen) atoms. The van der Waals surface area contributed by atoms with E-state index >= 15 is 0 Å². The number of aromatic nitrogens is 1. The van der Waals surface area contributed by atoms with Crippen LogP contribution in [0.3, 0.4) is 0 Å². The quantitative estimate of drug-likeness (QED) is 0.925. The summed E-state index contributed by atoms with van der Waals surface area (Å²) < 4.78 is 5.40. The Morgan fingerprint density at radius 1 is 1.23 bits per heavy atom. The van der Waals surface area contributed by atoms with E-state index in [1.54, 1.807) is 11.3 Å². The highest BCUT2D eigenvalue weighted by Crippen LogP contribution is 2.43. The molecule has 1 saturated heterocycles. The van der Waals surface area contributed by atoms with Crippen molar-refractivity contribution in [1.29, 1.82) is 0 Å². The molecule has 2 aromatic rings. The molecular weight excluding hydrogens is 298 g/mol. The van der Waals surface area contributed by atoms with Gasteiger partial charge in [-0.25, -0.2) is 4.98 Å². The number of fused-ring (bicyclic) bond motifs is 1. The number of carbonyl (C=O) groups is 1. The molecule has 0 radical (unpaired) electrons. The van der Waals surface area contributed by atoms with Crippen molar-refractivity contribution < 1.29 is 9.53 Å². The maximum Gasteiger partial charge on any atom is 0.226 e. The molecule has 0 aliphatic carbocycles. The van der Waals surface area contributed by atoms with Gasteiger partial charge in [-0.3, -0.25) is 4.79 Å². The molecule has 1 fully saturated rings. The first-order valence-corrected chi connectivity index (χ1v) is 8.31. The van der Waals surface area contributed by atoms with E-state index in [1.807, 2.05) is 18.2 Å². The lowest BCUT2D eigenvalue weighted by Gasteiger charge is -2.26. The first-order chi connectivity index (χ1) is 10.8. The van der Waals surface area contributed by atoms with E-state index in [4.69, 9.17) is 4.74 Å². The zero-order valence-corrected chi connectivity index (χ0v) is 12.9. The Hall–Kier alpha value is -1.92. The van der Waals surface area contributed by atoms with Crippen molar-refractivity contribution >= 4 is 28.2 Å². The molecule has 6 heteroatoms. The van der Waals surface area contributed by atoms with E-state index in [0.717, 1.165) is 42.1 Å². The normalized spacial score (nSPS) is 21.4. The van der Waals surface area contributed by atoms with Crippen LogP contribution >= 0.6 is 11.3 Å². The average molecular weight is 315 g/mol. The topological polar surface area (TPSA) is 54.5 Å². The van der Waals surface area contributed by atoms with Gasteiger partial charge in [0.1, 0.15) is 5.82 Å². The predicted octanol–water partition coefficient (Wildman–Crippen LogP) is 2.45. The van der Waals surface area contributed by atoms with Gasteiger partial charge < -0.3 is 15.0 Å². The number of rotatable bonds is 2. The fourth-order valence-electron chi connectivity index (χ4n) is 2.95. The van der Waals surface area contributed by atoms with Gasteiger partial charge in [0.15, 0.2) is 5.13 Å². The molecule has 2 aliphatic rings. The Bertz CT molecular complexity index is 680. The number of nitrogens with one attached hydrogen (secondary N) is 1. The van der Waals surface area contributed by atoms with Crippen LogP contribution in [-0.4, -0.2) is 37.2 Å². The van der Waals surface area contributed by atoms with Crippen molar-refractivity contribution in [3.63, 3.8) is 0 Å². The Balaban J connectivity index is 1.70. The summed E-state index contributed by atoms with van der Waals surface area (Å²) in [6.07, 6.45) is 0.488. The summed E-state index contributed by atoms with van der Waals surface area (Å²) in [6.45, 7) is 3.18. The molecule has 114 valence electrons. The number of ether oxygens (including phenoxy) is 1. The van der Waals surface area contributed by atoms with E-state index in [2.05, 4.69) is 27.3 Å². The number of hydrogen-bond acceptors (Lipinski definition) is 5. The molecule has 5 nitrogen and oxygen atoms in total.